The molecule has 1 atom stereocenters. The van der Waals surface area contributed by atoms with Crippen molar-refractivity contribution in [1.29, 1.82) is 0 Å². The molecule has 4 rings (SSSR count). The summed E-state index contributed by atoms with van der Waals surface area (Å²) in [6.45, 7) is 9.39. The van der Waals surface area contributed by atoms with Gasteiger partial charge in [0.05, 0.1) is 12.3 Å². The molecular formula is C22H29Cl2N3O2S. The van der Waals surface area contributed by atoms with E-state index in [4.69, 9.17) is 14.8 Å². The van der Waals surface area contributed by atoms with Crippen molar-refractivity contribution in [2.75, 3.05) is 44.2 Å². The van der Waals surface area contributed by atoms with Crippen molar-refractivity contribution >= 4 is 52.1 Å². The third-order valence-corrected chi connectivity index (χ3v) is 6.16. The fraction of sp³-hybridized carbons (Fsp3) is 0.409. The lowest BCUT2D eigenvalue weighted by Gasteiger charge is -2.35. The molecule has 1 aliphatic heterocycles. The van der Waals surface area contributed by atoms with Gasteiger partial charge in [-0.25, -0.2) is 4.98 Å². The molecule has 164 valence electrons. The summed E-state index contributed by atoms with van der Waals surface area (Å²) in [4.78, 5) is 9.96. The summed E-state index contributed by atoms with van der Waals surface area (Å²) in [6.07, 6.45) is -0.208. The molecule has 8 heteroatoms. The fourth-order valence-electron chi connectivity index (χ4n) is 3.59. The van der Waals surface area contributed by atoms with Crippen LogP contribution in [-0.4, -0.2) is 60.4 Å². The van der Waals surface area contributed by atoms with Crippen LogP contribution in [0.1, 0.15) is 13.8 Å². The monoisotopic (exact) mass is 469 g/mol. The topological polar surface area (TPSA) is 48.8 Å². The number of ether oxygens (including phenoxy) is 1. The summed E-state index contributed by atoms with van der Waals surface area (Å²) in [7, 11) is 0. The van der Waals surface area contributed by atoms with Crippen LogP contribution in [0.5, 0.6) is 5.75 Å². The Bertz CT molecular complexity index is 928. The molecule has 5 nitrogen and oxygen atoms in total. The van der Waals surface area contributed by atoms with Gasteiger partial charge in [-0.05, 0) is 55.2 Å². The molecular weight excluding hydrogens is 441 g/mol. The van der Waals surface area contributed by atoms with E-state index in [1.165, 1.54) is 10.1 Å². The number of benzene rings is 1. The highest BCUT2D eigenvalue weighted by Crippen LogP contribution is 2.34. The van der Waals surface area contributed by atoms with E-state index in [2.05, 4.69) is 34.2 Å². The summed E-state index contributed by atoms with van der Waals surface area (Å²) < 4.78 is 6.94. The number of nitrogens with zero attached hydrogens (tertiary/aromatic N) is 3. The largest absolute Gasteiger partial charge is 0.488 e. The van der Waals surface area contributed by atoms with Crippen LogP contribution in [0.3, 0.4) is 0 Å². The van der Waals surface area contributed by atoms with Crippen LogP contribution in [0.2, 0.25) is 0 Å². The van der Waals surface area contributed by atoms with Gasteiger partial charge < -0.3 is 19.6 Å². The molecule has 0 spiro atoms. The van der Waals surface area contributed by atoms with Gasteiger partial charge in [0.25, 0.3) is 0 Å². The Morgan fingerprint density at radius 2 is 1.80 bits per heavy atom. The molecule has 1 aromatic carbocycles. The fourth-order valence-corrected chi connectivity index (χ4v) is 4.40. The second kappa shape index (κ2) is 11.2. The lowest BCUT2D eigenvalue weighted by atomic mass is 10.1. The number of fused-ring (bicyclic) bond motifs is 1. The Hall–Kier alpha value is -1.57. The third kappa shape index (κ3) is 5.37. The quantitative estimate of drug-likeness (QED) is 0.566. The van der Waals surface area contributed by atoms with E-state index in [0.717, 1.165) is 55.5 Å². The van der Waals surface area contributed by atoms with Crippen LogP contribution in [0, 0.1) is 0 Å². The van der Waals surface area contributed by atoms with E-state index in [9.17, 15) is 0 Å². The number of thiophene rings is 1. The molecule has 0 aliphatic carbocycles. The third-order valence-electron chi connectivity index (χ3n) is 5.29. The van der Waals surface area contributed by atoms with E-state index in [-0.39, 0.29) is 37.5 Å². The Morgan fingerprint density at radius 3 is 2.43 bits per heavy atom. The Balaban J connectivity index is 0.00000160. The second-order valence-corrected chi connectivity index (χ2v) is 8.17. The van der Waals surface area contributed by atoms with E-state index < -0.39 is 0 Å². The van der Waals surface area contributed by atoms with Crippen molar-refractivity contribution < 1.29 is 9.84 Å². The molecule has 0 radical (unpaired) electrons. The van der Waals surface area contributed by atoms with Gasteiger partial charge in [0.15, 0.2) is 0 Å². The summed E-state index contributed by atoms with van der Waals surface area (Å²) in [6, 6.07) is 12.3. The minimum Gasteiger partial charge on any atom is -0.488 e. The van der Waals surface area contributed by atoms with Crippen molar-refractivity contribution in [1.82, 2.24) is 9.88 Å². The molecule has 0 amide bonds. The highest BCUT2D eigenvalue weighted by atomic mass is 35.5. The van der Waals surface area contributed by atoms with Crippen LogP contribution >= 0.6 is 36.2 Å². The number of anilines is 1. The van der Waals surface area contributed by atoms with Crippen molar-refractivity contribution in [3.8, 4) is 17.0 Å². The lowest BCUT2D eigenvalue weighted by Crippen LogP contribution is -2.46. The zero-order valence-corrected chi connectivity index (χ0v) is 19.7. The number of hydrogen-bond donors (Lipinski definition) is 1. The summed E-state index contributed by atoms with van der Waals surface area (Å²) >= 11 is 1.76. The predicted molar refractivity (Wildman–Crippen MR) is 131 cm³/mol. The first-order chi connectivity index (χ1) is 13.7. The van der Waals surface area contributed by atoms with Gasteiger partial charge in [-0.3, -0.25) is 0 Å². The van der Waals surface area contributed by atoms with Crippen molar-refractivity contribution in [2.24, 2.45) is 0 Å². The van der Waals surface area contributed by atoms with Crippen LogP contribution in [0.15, 0.2) is 41.8 Å². The van der Waals surface area contributed by atoms with E-state index in [0.29, 0.717) is 0 Å². The highest BCUT2D eigenvalue weighted by molar-refractivity contribution is 7.17. The van der Waals surface area contributed by atoms with Gasteiger partial charge in [-0.15, -0.1) is 36.2 Å². The molecule has 1 saturated heterocycles. The Morgan fingerprint density at radius 1 is 1.10 bits per heavy atom. The number of hydrogen-bond acceptors (Lipinski definition) is 6. The number of halogens is 2. The van der Waals surface area contributed by atoms with Gasteiger partial charge in [-0.2, -0.15) is 0 Å². The van der Waals surface area contributed by atoms with Gasteiger partial charge in [0, 0.05) is 41.8 Å². The standard InChI is InChI=1S/C22H27N3O2S.2ClH/c1-3-24-9-11-25(12-10-24)22-19-8-13-28-21(19)14-20(23-22)17-4-6-18(7-5-17)27-16(2)15-26;;/h4-8,13-14,16,26H,3,9-12,15H2,1-2H3;2*1H. The number of pyridine rings is 1. The predicted octanol–water partition coefficient (Wildman–Crippen LogP) is 4.71. The van der Waals surface area contributed by atoms with Gasteiger partial charge >= 0.3 is 0 Å². The zero-order valence-electron chi connectivity index (χ0n) is 17.3. The van der Waals surface area contributed by atoms with E-state index in [1.54, 1.807) is 11.3 Å². The number of aliphatic hydroxyl groups is 1. The van der Waals surface area contributed by atoms with Crippen molar-refractivity contribution in [3.63, 3.8) is 0 Å². The Kier molecular flexibility index (Phi) is 9.19. The number of aliphatic hydroxyl groups excluding tert-OH is 1. The summed E-state index contributed by atoms with van der Waals surface area (Å²) in [5, 5.41) is 12.5. The maximum atomic E-state index is 9.15. The SMILES string of the molecule is CCN1CCN(c2nc(-c3ccc(OC(C)CO)cc3)cc3sccc23)CC1.Cl.Cl. The number of piperazine rings is 1. The van der Waals surface area contributed by atoms with Gasteiger partial charge in [-0.1, -0.05) is 6.92 Å². The molecule has 0 bridgehead atoms. The number of rotatable bonds is 6. The first-order valence-electron chi connectivity index (χ1n) is 9.91. The van der Waals surface area contributed by atoms with E-state index >= 15 is 0 Å². The average molecular weight is 470 g/mol. The zero-order chi connectivity index (χ0) is 19.5. The van der Waals surface area contributed by atoms with Crippen LogP contribution in [0.4, 0.5) is 5.82 Å². The molecule has 2 aromatic heterocycles. The van der Waals surface area contributed by atoms with Crippen LogP contribution < -0.4 is 9.64 Å². The molecule has 0 saturated carbocycles. The summed E-state index contributed by atoms with van der Waals surface area (Å²) in [5.74, 6) is 1.86. The lowest BCUT2D eigenvalue weighted by molar-refractivity contribution is 0.130. The molecule has 30 heavy (non-hydrogen) atoms. The second-order valence-electron chi connectivity index (χ2n) is 7.22. The maximum Gasteiger partial charge on any atom is 0.138 e. The first kappa shape index (κ1) is 24.7. The minimum atomic E-state index is -0.208. The molecule has 1 N–H and O–H groups in total. The smallest absolute Gasteiger partial charge is 0.138 e. The van der Waals surface area contributed by atoms with E-state index in [1.807, 2.05) is 31.2 Å². The van der Waals surface area contributed by atoms with Crippen molar-refractivity contribution in [2.45, 2.75) is 20.0 Å². The molecule has 1 fully saturated rings. The molecule has 1 aliphatic rings. The number of likely N-dealkylation sites (N-methyl/N-ethyl adjacent to an activating group) is 1. The summed E-state index contributed by atoms with van der Waals surface area (Å²) in [5.41, 5.74) is 2.07. The molecule has 3 heterocycles. The highest BCUT2D eigenvalue weighted by Gasteiger charge is 2.20. The Labute approximate surface area is 194 Å². The first-order valence-corrected chi connectivity index (χ1v) is 10.8. The van der Waals surface area contributed by atoms with Crippen LogP contribution in [-0.2, 0) is 0 Å². The average Bonchev–Trinajstić information content (AvgIpc) is 3.22. The molecule has 1 unspecified atom stereocenters. The van der Waals surface area contributed by atoms with Crippen LogP contribution in [0.25, 0.3) is 21.3 Å². The minimum absolute atomic E-state index is 0. The number of aromatic nitrogens is 1. The molecule has 3 aromatic rings. The van der Waals surface area contributed by atoms with Gasteiger partial charge in [0.2, 0.25) is 0 Å². The van der Waals surface area contributed by atoms with Gasteiger partial charge in [0.1, 0.15) is 17.7 Å². The normalized spacial score (nSPS) is 15.4. The maximum absolute atomic E-state index is 9.15. The van der Waals surface area contributed by atoms with Crippen molar-refractivity contribution in [3.05, 3.63) is 41.8 Å².